The Bertz CT molecular complexity index is 451. The fourth-order valence-corrected chi connectivity index (χ4v) is 1.80. The number of rotatable bonds is 2. The summed E-state index contributed by atoms with van der Waals surface area (Å²) in [5.74, 6) is 0. The molecule has 0 aliphatic carbocycles. The van der Waals surface area contributed by atoms with Gasteiger partial charge < -0.3 is 0 Å². The Morgan fingerprint density at radius 1 is 1.57 bits per heavy atom. The van der Waals surface area contributed by atoms with Crippen LogP contribution in [0.2, 0.25) is 0 Å². The highest BCUT2D eigenvalue weighted by Gasteiger charge is 2.14. The van der Waals surface area contributed by atoms with E-state index < -0.39 is 5.24 Å². The van der Waals surface area contributed by atoms with Crippen molar-refractivity contribution in [3.63, 3.8) is 0 Å². The van der Waals surface area contributed by atoms with E-state index >= 15 is 0 Å². The number of aldehydes is 1. The van der Waals surface area contributed by atoms with E-state index in [0.717, 1.165) is 0 Å². The quantitative estimate of drug-likeness (QED) is 0.478. The van der Waals surface area contributed by atoms with Crippen LogP contribution in [0, 0.1) is 14.9 Å². The third kappa shape index (κ3) is 2.11. The number of hydrogen-bond acceptors (Lipinski definition) is 3. The van der Waals surface area contributed by atoms with E-state index in [0.29, 0.717) is 9.86 Å². The molecule has 0 spiro atoms. The summed E-state index contributed by atoms with van der Waals surface area (Å²) in [6, 6.07) is 4.78. The average Bonchev–Trinajstić information content (AvgIpc) is 2.16. The predicted octanol–water partition coefficient (Wildman–Crippen LogP) is 2.35. The number of carbonyl (C=O) groups is 2. The molecule has 0 N–H and O–H groups in total. The zero-order chi connectivity index (χ0) is 10.7. The van der Waals surface area contributed by atoms with Crippen LogP contribution < -0.4 is 0 Å². The maximum atomic E-state index is 10.9. The van der Waals surface area contributed by atoms with Crippen LogP contribution in [0.15, 0.2) is 12.1 Å². The molecule has 0 aromatic heterocycles. The van der Waals surface area contributed by atoms with Crippen LogP contribution in [0.1, 0.15) is 26.3 Å². The molecule has 1 rings (SSSR count). The van der Waals surface area contributed by atoms with Gasteiger partial charge in [0, 0.05) is 9.13 Å². The number of nitrogens with zero attached hydrogens (tertiary/aromatic N) is 1. The minimum Gasteiger partial charge on any atom is -0.298 e. The lowest BCUT2D eigenvalue weighted by molar-refractivity contribution is 0.108. The maximum absolute atomic E-state index is 10.9. The Morgan fingerprint density at radius 3 is 2.64 bits per heavy atom. The minimum atomic E-state index is -0.733. The van der Waals surface area contributed by atoms with Crippen molar-refractivity contribution in [1.82, 2.24) is 0 Å². The van der Waals surface area contributed by atoms with Gasteiger partial charge in [0.15, 0.2) is 6.29 Å². The topological polar surface area (TPSA) is 57.9 Å². The zero-order valence-electron chi connectivity index (χ0n) is 6.75. The second-order valence-corrected chi connectivity index (χ2v) is 4.01. The summed E-state index contributed by atoms with van der Waals surface area (Å²) in [4.78, 5) is 21.5. The fourth-order valence-electron chi connectivity index (χ4n) is 1.00. The van der Waals surface area contributed by atoms with Crippen molar-refractivity contribution >= 4 is 45.7 Å². The van der Waals surface area contributed by atoms with Crippen molar-refractivity contribution in [2.75, 3.05) is 0 Å². The summed E-state index contributed by atoms with van der Waals surface area (Å²) in [7, 11) is 0. The van der Waals surface area contributed by atoms with Gasteiger partial charge in [0.25, 0.3) is 5.24 Å². The highest BCUT2D eigenvalue weighted by Crippen LogP contribution is 2.19. The molecule has 0 bridgehead atoms. The Balaban J connectivity index is 3.57. The van der Waals surface area contributed by atoms with Gasteiger partial charge in [-0.1, -0.05) is 0 Å². The van der Waals surface area contributed by atoms with Crippen LogP contribution in [-0.4, -0.2) is 11.5 Å². The summed E-state index contributed by atoms with van der Waals surface area (Å²) < 4.78 is 0.688. The van der Waals surface area contributed by atoms with Crippen molar-refractivity contribution in [2.24, 2.45) is 0 Å². The van der Waals surface area contributed by atoms with E-state index in [1.807, 2.05) is 22.6 Å². The number of carbonyl (C=O) groups excluding carboxylic acids is 2. The van der Waals surface area contributed by atoms with Crippen molar-refractivity contribution in [3.8, 4) is 6.07 Å². The minimum absolute atomic E-state index is 0.0282. The Kier molecular flexibility index (Phi) is 3.61. The molecule has 0 fully saturated rings. The van der Waals surface area contributed by atoms with E-state index in [1.165, 1.54) is 12.1 Å². The summed E-state index contributed by atoms with van der Waals surface area (Å²) in [6.45, 7) is 0. The normalized spacial score (nSPS) is 9.21. The molecular weight excluding hydrogens is 316 g/mol. The zero-order valence-corrected chi connectivity index (χ0v) is 9.67. The van der Waals surface area contributed by atoms with Crippen LogP contribution in [0.4, 0.5) is 0 Å². The van der Waals surface area contributed by atoms with Crippen molar-refractivity contribution in [2.45, 2.75) is 0 Å². The van der Waals surface area contributed by atoms with Gasteiger partial charge in [0.1, 0.15) is 6.07 Å². The first-order valence-corrected chi connectivity index (χ1v) is 4.94. The Morgan fingerprint density at radius 2 is 2.21 bits per heavy atom. The van der Waals surface area contributed by atoms with Crippen LogP contribution in [0.5, 0.6) is 0 Å². The lowest BCUT2D eigenvalue weighted by atomic mass is 10.0. The fraction of sp³-hybridized carbons (Fsp3) is 0. The van der Waals surface area contributed by atoms with Gasteiger partial charge in [0.05, 0.1) is 11.1 Å². The first-order valence-electron chi connectivity index (χ1n) is 3.48. The van der Waals surface area contributed by atoms with Gasteiger partial charge in [-0.25, -0.2) is 0 Å². The molecular formula is C9H3ClINO2. The van der Waals surface area contributed by atoms with Gasteiger partial charge >= 0.3 is 0 Å². The average molecular weight is 319 g/mol. The van der Waals surface area contributed by atoms with Gasteiger partial charge in [-0.05, 0) is 46.3 Å². The molecule has 0 amide bonds. The highest BCUT2D eigenvalue weighted by molar-refractivity contribution is 14.1. The third-order valence-electron chi connectivity index (χ3n) is 1.58. The summed E-state index contributed by atoms with van der Waals surface area (Å²) >= 11 is 7.22. The lowest BCUT2D eigenvalue weighted by Crippen LogP contribution is -2.00. The van der Waals surface area contributed by atoms with Gasteiger partial charge in [-0.3, -0.25) is 9.59 Å². The van der Waals surface area contributed by atoms with E-state index in [2.05, 4.69) is 0 Å². The largest absolute Gasteiger partial charge is 0.298 e. The molecule has 1 aromatic carbocycles. The van der Waals surface area contributed by atoms with Gasteiger partial charge in [0.2, 0.25) is 0 Å². The van der Waals surface area contributed by atoms with Crippen molar-refractivity contribution in [1.29, 1.82) is 5.26 Å². The van der Waals surface area contributed by atoms with Gasteiger partial charge in [-0.2, -0.15) is 5.26 Å². The van der Waals surface area contributed by atoms with Crippen LogP contribution in [0.3, 0.4) is 0 Å². The SMILES string of the molecule is N#Cc1c(C=O)cc(I)cc1C(=O)Cl. The van der Waals surface area contributed by atoms with Crippen molar-refractivity contribution in [3.05, 3.63) is 32.4 Å². The lowest BCUT2D eigenvalue weighted by Gasteiger charge is -2.01. The van der Waals surface area contributed by atoms with Crippen LogP contribution in [-0.2, 0) is 0 Å². The first kappa shape index (κ1) is 11.1. The number of nitriles is 1. The maximum Gasteiger partial charge on any atom is 0.253 e. The smallest absolute Gasteiger partial charge is 0.253 e. The summed E-state index contributed by atoms with van der Waals surface area (Å²) in [5.41, 5.74) is 0.284. The third-order valence-corrected chi connectivity index (χ3v) is 2.41. The van der Waals surface area contributed by atoms with E-state index in [-0.39, 0.29) is 16.7 Å². The van der Waals surface area contributed by atoms with E-state index in [4.69, 9.17) is 16.9 Å². The number of benzene rings is 1. The van der Waals surface area contributed by atoms with Crippen LogP contribution >= 0.6 is 34.2 Å². The summed E-state index contributed by atoms with van der Waals surface area (Å²) in [5, 5.41) is 8.01. The van der Waals surface area contributed by atoms with Crippen LogP contribution in [0.25, 0.3) is 0 Å². The Hall–Kier alpha value is -0.930. The first-order chi connectivity index (χ1) is 6.60. The number of hydrogen-bond donors (Lipinski definition) is 0. The number of halogens is 2. The molecule has 0 atom stereocenters. The molecule has 0 saturated heterocycles. The molecule has 0 heterocycles. The van der Waals surface area contributed by atoms with E-state index in [1.54, 1.807) is 6.07 Å². The highest BCUT2D eigenvalue weighted by atomic mass is 127. The molecule has 5 heteroatoms. The molecule has 3 nitrogen and oxygen atoms in total. The summed E-state index contributed by atoms with van der Waals surface area (Å²) in [6.07, 6.45) is 0.532. The molecule has 0 saturated carbocycles. The molecule has 1 aromatic rings. The monoisotopic (exact) mass is 319 g/mol. The molecule has 0 aliphatic heterocycles. The predicted molar refractivity (Wildman–Crippen MR) is 59.4 cm³/mol. The second kappa shape index (κ2) is 4.53. The Labute approximate surface area is 98.8 Å². The molecule has 0 radical (unpaired) electrons. The van der Waals surface area contributed by atoms with Crippen molar-refractivity contribution < 1.29 is 9.59 Å². The molecule has 14 heavy (non-hydrogen) atoms. The molecule has 70 valence electrons. The van der Waals surface area contributed by atoms with E-state index in [9.17, 15) is 9.59 Å². The molecule has 0 unspecified atom stereocenters. The van der Waals surface area contributed by atoms with Gasteiger partial charge in [-0.15, -0.1) is 0 Å². The molecule has 0 aliphatic rings. The standard InChI is InChI=1S/C9H3ClINO2/c10-9(14)7-2-6(11)1-5(4-13)8(7)3-12/h1-2,4H. The second-order valence-electron chi connectivity index (χ2n) is 2.42.